The number of nitrogens with one attached hydrogen (secondary N) is 1. The second-order valence-corrected chi connectivity index (χ2v) is 6.75. The first-order chi connectivity index (χ1) is 11.6. The third kappa shape index (κ3) is 3.86. The minimum Gasteiger partial charge on any atom is -0.373 e. The van der Waals surface area contributed by atoms with Gasteiger partial charge in [0.15, 0.2) is 0 Å². The van der Waals surface area contributed by atoms with Gasteiger partial charge in [-0.25, -0.2) is 4.39 Å². The Morgan fingerprint density at radius 2 is 1.83 bits per heavy atom. The van der Waals surface area contributed by atoms with E-state index >= 15 is 0 Å². The third-order valence-electron chi connectivity index (χ3n) is 3.66. The Labute approximate surface area is 143 Å². The number of benzene rings is 2. The molecule has 3 nitrogen and oxygen atoms in total. The van der Waals surface area contributed by atoms with E-state index in [1.165, 1.54) is 12.3 Å². The van der Waals surface area contributed by atoms with E-state index in [2.05, 4.69) is 10.3 Å². The van der Waals surface area contributed by atoms with Crippen molar-refractivity contribution >= 4 is 16.5 Å². The molecule has 0 aliphatic carbocycles. The summed E-state index contributed by atoms with van der Waals surface area (Å²) >= 11 is 0. The van der Waals surface area contributed by atoms with Crippen LogP contribution in [0.4, 0.5) is 10.1 Å². The Hall–Kier alpha value is -2.53. The van der Waals surface area contributed by atoms with Gasteiger partial charge in [0.2, 0.25) is 0 Å². The Bertz CT molecular complexity index is 838. The number of pyridine rings is 1. The van der Waals surface area contributed by atoms with Crippen molar-refractivity contribution in [3.63, 3.8) is 0 Å². The molecule has 2 aromatic carbocycles. The molecular weight excluding hydrogens is 323 g/mol. The first-order valence-electron chi connectivity index (χ1n) is 7.50. The van der Waals surface area contributed by atoms with Crippen LogP contribution in [0.1, 0.15) is 17.3 Å². The van der Waals surface area contributed by atoms with Crippen LogP contribution in [0.25, 0.3) is 0 Å². The SMILES string of the molecule is C[S@@](=O)c1cccc(N[C@@H](c2ccccc2)c2ccc(F)cn2)c1. The second kappa shape index (κ2) is 7.36. The monoisotopic (exact) mass is 340 g/mol. The van der Waals surface area contributed by atoms with Crippen LogP contribution < -0.4 is 5.32 Å². The number of anilines is 1. The maximum atomic E-state index is 13.2. The number of nitrogens with zero attached hydrogens (tertiary/aromatic N) is 1. The number of hydrogen-bond acceptors (Lipinski definition) is 3. The largest absolute Gasteiger partial charge is 0.373 e. The molecule has 0 amide bonds. The fourth-order valence-electron chi connectivity index (χ4n) is 2.46. The summed E-state index contributed by atoms with van der Waals surface area (Å²) < 4.78 is 24.9. The average Bonchev–Trinajstić information content (AvgIpc) is 2.61. The molecule has 0 unspecified atom stereocenters. The van der Waals surface area contributed by atoms with Crippen LogP contribution in [0, 0.1) is 5.82 Å². The van der Waals surface area contributed by atoms with Gasteiger partial charge in [0.05, 0.1) is 17.9 Å². The zero-order valence-electron chi connectivity index (χ0n) is 13.1. The fraction of sp³-hybridized carbons (Fsp3) is 0.105. The zero-order chi connectivity index (χ0) is 16.9. The van der Waals surface area contributed by atoms with Crippen molar-refractivity contribution in [1.29, 1.82) is 0 Å². The Balaban J connectivity index is 1.98. The molecule has 1 aromatic heterocycles. The van der Waals surface area contributed by atoms with Gasteiger partial charge in [0.1, 0.15) is 5.82 Å². The average molecular weight is 340 g/mol. The summed E-state index contributed by atoms with van der Waals surface area (Å²) in [6, 6.07) is 20.1. The molecule has 0 aliphatic rings. The van der Waals surface area contributed by atoms with E-state index in [1.807, 2.05) is 54.6 Å². The van der Waals surface area contributed by atoms with Gasteiger partial charge < -0.3 is 5.32 Å². The van der Waals surface area contributed by atoms with Crippen LogP contribution in [0.5, 0.6) is 0 Å². The number of aromatic nitrogens is 1. The van der Waals surface area contributed by atoms with Gasteiger partial charge in [0, 0.05) is 27.6 Å². The van der Waals surface area contributed by atoms with E-state index in [4.69, 9.17) is 0 Å². The summed E-state index contributed by atoms with van der Waals surface area (Å²) in [6.45, 7) is 0. The lowest BCUT2D eigenvalue weighted by atomic mass is 10.0. The Morgan fingerprint density at radius 3 is 2.50 bits per heavy atom. The van der Waals surface area contributed by atoms with Crippen molar-refractivity contribution in [2.24, 2.45) is 0 Å². The molecule has 2 atom stereocenters. The summed E-state index contributed by atoms with van der Waals surface area (Å²) in [5.74, 6) is -0.367. The Morgan fingerprint density at radius 1 is 1.04 bits per heavy atom. The third-order valence-corrected chi connectivity index (χ3v) is 4.57. The highest BCUT2D eigenvalue weighted by Gasteiger charge is 2.15. The van der Waals surface area contributed by atoms with Crippen LogP contribution in [-0.4, -0.2) is 15.4 Å². The van der Waals surface area contributed by atoms with Gasteiger partial charge in [-0.2, -0.15) is 0 Å². The number of hydrogen-bond donors (Lipinski definition) is 1. The summed E-state index contributed by atoms with van der Waals surface area (Å²) in [5, 5.41) is 3.41. The molecule has 1 N–H and O–H groups in total. The molecule has 1 heterocycles. The van der Waals surface area contributed by atoms with E-state index in [9.17, 15) is 8.60 Å². The number of halogens is 1. The van der Waals surface area contributed by atoms with Gasteiger partial charge in [-0.1, -0.05) is 36.4 Å². The fourth-order valence-corrected chi connectivity index (χ4v) is 3.03. The standard InChI is InChI=1S/C19H17FN2OS/c1-24(23)17-9-5-8-16(12-17)22-19(14-6-3-2-4-7-14)18-11-10-15(20)13-21-18/h2-13,19,22H,1H3/t19-,24+/m0/s1. The summed E-state index contributed by atoms with van der Waals surface area (Å²) in [6.07, 6.45) is 2.86. The predicted molar refractivity (Wildman–Crippen MR) is 94.9 cm³/mol. The molecule has 24 heavy (non-hydrogen) atoms. The van der Waals surface area contributed by atoms with Gasteiger partial charge in [-0.05, 0) is 35.9 Å². The van der Waals surface area contributed by atoms with E-state index in [1.54, 1.807) is 12.3 Å². The van der Waals surface area contributed by atoms with Gasteiger partial charge in [-0.3, -0.25) is 9.19 Å². The van der Waals surface area contributed by atoms with Crippen molar-refractivity contribution in [2.75, 3.05) is 11.6 Å². The quantitative estimate of drug-likeness (QED) is 0.758. The summed E-state index contributed by atoms with van der Waals surface area (Å²) in [5.41, 5.74) is 2.56. The molecular formula is C19H17FN2OS. The molecule has 0 saturated heterocycles. The Kier molecular flexibility index (Phi) is 5.01. The van der Waals surface area contributed by atoms with Crippen molar-refractivity contribution in [2.45, 2.75) is 10.9 Å². The van der Waals surface area contributed by atoms with Crippen LogP contribution in [0.15, 0.2) is 77.8 Å². The van der Waals surface area contributed by atoms with Crippen LogP contribution in [0.3, 0.4) is 0 Å². The molecule has 0 bridgehead atoms. The van der Waals surface area contributed by atoms with Crippen molar-refractivity contribution in [3.8, 4) is 0 Å². The van der Waals surface area contributed by atoms with Crippen molar-refractivity contribution in [1.82, 2.24) is 4.98 Å². The molecule has 0 aliphatic heterocycles. The van der Waals surface area contributed by atoms with Gasteiger partial charge >= 0.3 is 0 Å². The molecule has 3 rings (SSSR count). The second-order valence-electron chi connectivity index (χ2n) is 5.37. The van der Waals surface area contributed by atoms with Crippen LogP contribution in [-0.2, 0) is 10.8 Å². The minimum atomic E-state index is -1.05. The van der Waals surface area contributed by atoms with Gasteiger partial charge in [0.25, 0.3) is 0 Å². The lowest BCUT2D eigenvalue weighted by Gasteiger charge is -2.20. The first kappa shape index (κ1) is 16.3. The minimum absolute atomic E-state index is 0.229. The van der Waals surface area contributed by atoms with Crippen LogP contribution in [0.2, 0.25) is 0 Å². The lowest BCUT2D eigenvalue weighted by Crippen LogP contribution is -2.14. The molecule has 0 saturated carbocycles. The molecule has 5 heteroatoms. The summed E-state index contributed by atoms with van der Waals surface area (Å²) in [7, 11) is -1.05. The normalized spacial score (nSPS) is 13.2. The highest BCUT2D eigenvalue weighted by Crippen LogP contribution is 2.26. The smallest absolute Gasteiger partial charge is 0.141 e. The predicted octanol–water partition coefficient (Wildman–Crippen LogP) is 4.16. The first-order valence-corrected chi connectivity index (χ1v) is 9.06. The lowest BCUT2D eigenvalue weighted by molar-refractivity contribution is 0.618. The summed E-state index contributed by atoms with van der Waals surface area (Å²) in [4.78, 5) is 4.96. The zero-order valence-corrected chi connectivity index (χ0v) is 14.0. The molecule has 3 aromatic rings. The van der Waals surface area contributed by atoms with Crippen LogP contribution >= 0.6 is 0 Å². The molecule has 0 spiro atoms. The van der Waals surface area contributed by atoms with Crippen molar-refractivity contribution < 1.29 is 8.60 Å². The molecule has 122 valence electrons. The van der Waals surface area contributed by atoms with E-state index < -0.39 is 10.8 Å². The van der Waals surface area contributed by atoms with E-state index in [0.29, 0.717) is 5.69 Å². The number of rotatable bonds is 5. The van der Waals surface area contributed by atoms with Gasteiger partial charge in [-0.15, -0.1) is 0 Å². The highest BCUT2D eigenvalue weighted by molar-refractivity contribution is 7.84. The topological polar surface area (TPSA) is 42.0 Å². The maximum absolute atomic E-state index is 13.2. The maximum Gasteiger partial charge on any atom is 0.141 e. The van der Waals surface area contributed by atoms with E-state index in [0.717, 1.165) is 16.1 Å². The molecule has 0 radical (unpaired) electrons. The molecule has 0 fully saturated rings. The highest BCUT2D eigenvalue weighted by atomic mass is 32.2. The van der Waals surface area contributed by atoms with Crippen molar-refractivity contribution in [3.05, 3.63) is 90.0 Å². The van der Waals surface area contributed by atoms with E-state index in [-0.39, 0.29) is 11.9 Å².